The summed E-state index contributed by atoms with van der Waals surface area (Å²) in [5.41, 5.74) is 12.9. The topological polar surface area (TPSA) is 78.7 Å². The third-order valence-corrected chi connectivity index (χ3v) is 9.97. The van der Waals surface area contributed by atoms with E-state index in [4.69, 9.17) is 0 Å². The van der Waals surface area contributed by atoms with E-state index in [1.54, 1.807) is 0 Å². The lowest BCUT2D eigenvalue weighted by Gasteiger charge is -2.09. The van der Waals surface area contributed by atoms with Crippen LogP contribution < -0.4 is 39.7 Å². The Morgan fingerprint density at radius 2 is 0.481 bits per heavy atom. The van der Waals surface area contributed by atoms with E-state index in [9.17, 15) is 0 Å². The molecule has 52 heavy (non-hydrogen) atoms. The summed E-state index contributed by atoms with van der Waals surface area (Å²) in [6.45, 7) is 0. The van der Waals surface area contributed by atoms with Crippen LogP contribution >= 0.6 is 0 Å². The third-order valence-electron chi connectivity index (χ3n) is 9.97. The van der Waals surface area contributed by atoms with Crippen LogP contribution in [0.15, 0.2) is 147 Å². The van der Waals surface area contributed by atoms with Crippen molar-refractivity contribution < 1.29 is 18.3 Å². The van der Waals surface area contributed by atoms with E-state index in [1.165, 1.54) is 0 Å². The summed E-state index contributed by atoms with van der Waals surface area (Å²) in [7, 11) is 8.19. The van der Waals surface area contributed by atoms with E-state index in [-0.39, 0.29) is 0 Å². The smallest absolute Gasteiger partial charge is 0.169 e. The first-order chi connectivity index (χ1) is 25.4. The van der Waals surface area contributed by atoms with Crippen LogP contribution in [0, 0.1) is 0 Å². The molecule has 0 fully saturated rings. The monoisotopic (exact) mass is 680 g/mol. The lowest BCUT2D eigenvalue weighted by Crippen LogP contribution is -2.27. The molecule has 9 heterocycles. The quantitative estimate of drug-likeness (QED) is 0.204. The molecule has 1 aliphatic rings. The standard InChI is InChI=1S/C44H38N8/c1-49-21-13-29(14-22-49)41-33-5-7-35(45-33)42(30-15-23-50(2)24-16-30)37-9-11-39(47-37)44(32-19-27-52(4)28-20-32)40-12-10-38(48-40)43(36-8-6-34(41)46-36)31-17-25-51(3)26-18-31/h5-28H,1-4H3,(H2,45,46,47,48)/q+2/p+2. The highest BCUT2D eigenvalue weighted by atomic mass is 14.9. The SMILES string of the molecule is C[n+]1ccc(C2=c3ccc([nH]3)=C(c3cc[n+](C)cc3)c3ccc([nH]3)C(c3cc[n+](C)cc3)=c3ccc([nH]3)=C(c3cc[n+](C)cc3)c3ccc2[nH]3)cc1. The van der Waals surface area contributed by atoms with Crippen molar-refractivity contribution in [1.29, 1.82) is 0 Å². The highest BCUT2D eigenvalue weighted by Gasteiger charge is 2.19. The third kappa shape index (κ3) is 5.60. The van der Waals surface area contributed by atoms with Gasteiger partial charge in [-0.15, -0.1) is 0 Å². The summed E-state index contributed by atoms with van der Waals surface area (Å²) in [5, 5.41) is 4.09. The first kappa shape index (κ1) is 31.2. The number of aryl methyl sites for hydroxylation is 4. The predicted octanol–water partition coefficient (Wildman–Crippen LogP) is 1.60. The highest BCUT2D eigenvalue weighted by molar-refractivity contribution is 5.84. The van der Waals surface area contributed by atoms with Gasteiger partial charge in [0.05, 0.1) is 0 Å². The van der Waals surface area contributed by atoms with Gasteiger partial charge in [-0.05, 0) is 70.8 Å². The second-order valence-corrected chi connectivity index (χ2v) is 13.7. The molecule has 8 nitrogen and oxygen atoms in total. The van der Waals surface area contributed by atoms with Crippen molar-refractivity contribution in [3.63, 3.8) is 0 Å². The van der Waals surface area contributed by atoms with Crippen molar-refractivity contribution in [3.8, 4) is 0 Å². The Bertz CT molecular complexity index is 2460. The van der Waals surface area contributed by atoms with E-state index in [2.05, 4.69) is 185 Å². The molecule has 0 aromatic carbocycles. The predicted molar refractivity (Wildman–Crippen MR) is 199 cm³/mol. The van der Waals surface area contributed by atoms with Gasteiger partial charge in [0.1, 0.15) is 28.2 Å². The molecule has 8 aromatic rings. The number of fused-ring (bicyclic) bond motifs is 8. The average Bonchev–Trinajstić information content (AvgIpc) is 3.99. The first-order valence-electron chi connectivity index (χ1n) is 17.5. The maximum absolute atomic E-state index is 3.87. The van der Waals surface area contributed by atoms with Gasteiger partial charge in [-0.3, -0.25) is 0 Å². The van der Waals surface area contributed by atoms with Crippen LogP contribution in [0.25, 0.3) is 22.3 Å². The molecule has 8 aromatic heterocycles. The summed E-state index contributed by atoms with van der Waals surface area (Å²) in [6.07, 6.45) is 16.8. The molecule has 4 N–H and O–H groups in total. The number of hydrogen-bond donors (Lipinski definition) is 4. The van der Waals surface area contributed by atoms with Gasteiger partial charge in [-0.1, -0.05) is 0 Å². The molecule has 8 heteroatoms. The molecule has 0 atom stereocenters. The van der Waals surface area contributed by atoms with Gasteiger partial charge in [0, 0.05) is 115 Å². The van der Waals surface area contributed by atoms with Crippen LogP contribution in [0.3, 0.4) is 0 Å². The van der Waals surface area contributed by atoms with Gasteiger partial charge in [0.15, 0.2) is 49.6 Å². The van der Waals surface area contributed by atoms with E-state index in [0.29, 0.717) is 0 Å². The molecule has 0 saturated carbocycles. The maximum Gasteiger partial charge on any atom is 0.169 e. The minimum Gasteiger partial charge on any atom is -0.354 e. The van der Waals surface area contributed by atoms with Crippen molar-refractivity contribution in [2.24, 2.45) is 28.2 Å². The van der Waals surface area contributed by atoms with Crippen LogP contribution in [0.4, 0.5) is 0 Å². The first-order valence-corrected chi connectivity index (χ1v) is 17.5. The van der Waals surface area contributed by atoms with Crippen LogP contribution in [0.1, 0.15) is 45.0 Å². The number of hydrogen-bond acceptors (Lipinski definition) is 0. The minimum atomic E-state index is 1.02. The van der Waals surface area contributed by atoms with Gasteiger partial charge in [0.2, 0.25) is 0 Å². The minimum absolute atomic E-state index is 1.02. The van der Waals surface area contributed by atoms with E-state index < -0.39 is 0 Å². The molecule has 0 amide bonds. The van der Waals surface area contributed by atoms with Crippen LogP contribution in [-0.4, -0.2) is 19.9 Å². The van der Waals surface area contributed by atoms with Gasteiger partial charge in [-0.25, -0.2) is 18.3 Å². The van der Waals surface area contributed by atoms with E-state index in [0.717, 1.165) is 88.7 Å². The van der Waals surface area contributed by atoms with Gasteiger partial charge < -0.3 is 19.9 Å². The average molecular weight is 681 g/mol. The Balaban J connectivity index is 1.43. The van der Waals surface area contributed by atoms with Crippen LogP contribution in [0.5, 0.6) is 0 Å². The van der Waals surface area contributed by atoms with Crippen molar-refractivity contribution in [3.05, 3.63) is 213 Å². The Kier molecular flexibility index (Phi) is 7.51. The summed E-state index contributed by atoms with van der Waals surface area (Å²) in [5.74, 6) is 0. The Hall–Kier alpha value is -6.80. The Labute approximate surface area is 301 Å². The fourth-order valence-electron chi connectivity index (χ4n) is 7.24. The molecule has 1 aliphatic heterocycles. The Morgan fingerprint density at radius 1 is 0.269 bits per heavy atom. The molecule has 0 unspecified atom stereocenters. The van der Waals surface area contributed by atoms with Gasteiger partial charge in [-0.2, -0.15) is 0 Å². The van der Waals surface area contributed by atoms with Crippen molar-refractivity contribution in [1.82, 2.24) is 19.9 Å². The zero-order valence-corrected chi connectivity index (χ0v) is 29.6. The van der Waals surface area contributed by atoms with Gasteiger partial charge in [0.25, 0.3) is 0 Å². The number of aromatic nitrogens is 8. The fraction of sp³-hybridized carbons (Fsp3) is 0.0909. The van der Waals surface area contributed by atoms with Crippen molar-refractivity contribution in [2.45, 2.75) is 0 Å². The number of pyridine rings is 4. The lowest BCUT2D eigenvalue weighted by molar-refractivity contribution is -0.671. The molecule has 9 rings (SSSR count). The van der Waals surface area contributed by atoms with E-state index >= 15 is 0 Å². The molecular formula is C44H40N8+4. The number of aromatic amines is 4. The number of H-pyrrole nitrogens is 4. The fourth-order valence-corrected chi connectivity index (χ4v) is 7.24. The largest absolute Gasteiger partial charge is 0.354 e. The summed E-state index contributed by atoms with van der Waals surface area (Å²) >= 11 is 0. The second kappa shape index (κ2) is 12.5. The van der Waals surface area contributed by atoms with E-state index in [1.807, 2.05) is 28.2 Å². The number of nitrogens with one attached hydrogen (secondary N) is 4. The second-order valence-electron chi connectivity index (χ2n) is 13.7. The molecule has 252 valence electrons. The molecule has 0 radical (unpaired) electrons. The summed E-state index contributed by atoms with van der Waals surface area (Å²) in [6, 6.07) is 35.0. The molecule has 0 spiro atoms. The summed E-state index contributed by atoms with van der Waals surface area (Å²) in [4.78, 5) is 15.5. The number of nitrogens with zero attached hydrogens (tertiary/aromatic N) is 4. The Morgan fingerprint density at radius 3 is 0.692 bits per heavy atom. The molecular weight excluding hydrogens is 641 g/mol. The summed E-state index contributed by atoms with van der Waals surface area (Å²) < 4.78 is 8.26. The molecule has 0 saturated heterocycles. The van der Waals surface area contributed by atoms with Crippen molar-refractivity contribution >= 4 is 22.3 Å². The van der Waals surface area contributed by atoms with Crippen LogP contribution in [0.2, 0.25) is 0 Å². The number of rotatable bonds is 4. The van der Waals surface area contributed by atoms with Crippen LogP contribution in [-0.2, 0) is 28.2 Å². The normalized spacial score (nSPS) is 12.8. The lowest BCUT2D eigenvalue weighted by atomic mass is 10.0. The zero-order chi connectivity index (χ0) is 35.3. The highest BCUT2D eigenvalue weighted by Crippen LogP contribution is 2.27. The van der Waals surface area contributed by atoms with Gasteiger partial charge >= 0.3 is 0 Å². The zero-order valence-electron chi connectivity index (χ0n) is 29.6. The maximum atomic E-state index is 3.87. The molecule has 8 bridgehead atoms. The molecule has 0 aliphatic carbocycles. The van der Waals surface area contributed by atoms with Crippen molar-refractivity contribution in [2.75, 3.05) is 0 Å².